The molecular formula is C21H24ClF3N4O. The van der Waals surface area contributed by atoms with Crippen LogP contribution in [0, 0.1) is 11.8 Å². The molecule has 0 saturated carbocycles. The number of benzene rings is 1. The summed E-state index contributed by atoms with van der Waals surface area (Å²) in [6.45, 7) is 1.40. The average Bonchev–Trinajstić information content (AvgIpc) is 3.16. The normalized spacial score (nSPS) is 23.8. The van der Waals surface area contributed by atoms with Crippen molar-refractivity contribution < 1.29 is 18.0 Å². The molecule has 2 aliphatic heterocycles. The Morgan fingerprint density at radius 2 is 1.93 bits per heavy atom. The lowest BCUT2D eigenvalue weighted by Crippen LogP contribution is -2.48. The van der Waals surface area contributed by atoms with E-state index in [1.165, 1.54) is 0 Å². The van der Waals surface area contributed by atoms with Gasteiger partial charge in [0, 0.05) is 36.4 Å². The van der Waals surface area contributed by atoms with Crippen LogP contribution in [0.5, 0.6) is 0 Å². The Bertz CT molecular complexity index is 930. The zero-order valence-electron chi connectivity index (χ0n) is 16.6. The third-order valence-corrected chi connectivity index (χ3v) is 6.49. The third kappa shape index (κ3) is 4.21. The Morgan fingerprint density at radius 3 is 2.63 bits per heavy atom. The molecule has 162 valence electrons. The number of nitrogens with one attached hydrogen (secondary N) is 1. The van der Waals surface area contributed by atoms with E-state index in [9.17, 15) is 18.0 Å². The summed E-state index contributed by atoms with van der Waals surface area (Å²) in [6, 6.07) is 6.79. The minimum atomic E-state index is -4.45. The fourth-order valence-electron chi connectivity index (χ4n) is 4.46. The number of likely N-dealkylation sites (tertiary alicyclic amines) is 1. The molecule has 0 spiro atoms. The van der Waals surface area contributed by atoms with E-state index in [1.54, 1.807) is 35.4 Å². The Hall–Kier alpha value is -2.06. The van der Waals surface area contributed by atoms with E-state index >= 15 is 0 Å². The number of aromatic nitrogens is 1. The van der Waals surface area contributed by atoms with Crippen LogP contribution < -0.4 is 10.2 Å². The molecule has 1 amide bonds. The van der Waals surface area contributed by atoms with Gasteiger partial charge < -0.3 is 15.1 Å². The number of fused-ring (bicyclic) bond motifs is 1. The molecule has 0 aliphatic carbocycles. The summed E-state index contributed by atoms with van der Waals surface area (Å²) >= 11 is 6.21. The van der Waals surface area contributed by atoms with Crippen LogP contribution in [-0.2, 0) is 4.79 Å². The van der Waals surface area contributed by atoms with Gasteiger partial charge in [0.05, 0.1) is 22.4 Å². The lowest BCUT2D eigenvalue weighted by atomic mass is 9.93. The van der Waals surface area contributed by atoms with Gasteiger partial charge in [-0.15, -0.1) is 0 Å². The summed E-state index contributed by atoms with van der Waals surface area (Å²) in [7, 11) is 2.00. The second kappa shape index (κ2) is 8.23. The number of carbonyl (C=O) groups is 1. The van der Waals surface area contributed by atoms with Crippen LogP contribution in [0.25, 0.3) is 10.9 Å². The van der Waals surface area contributed by atoms with Crippen molar-refractivity contribution in [2.75, 3.05) is 38.1 Å². The highest BCUT2D eigenvalue weighted by Crippen LogP contribution is 2.41. The maximum Gasteiger partial charge on any atom is 0.394 e. The molecule has 4 rings (SSSR count). The molecule has 2 aromatic rings. The van der Waals surface area contributed by atoms with Gasteiger partial charge in [-0.1, -0.05) is 11.6 Å². The van der Waals surface area contributed by atoms with Crippen molar-refractivity contribution in [3.8, 4) is 0 Å². The first-order valence-electron chi connectivity index (χ1n) is 10.1. The SMILES string of the molecule is CN1CCC(NC(=O)[C@@H]2CN(c3ccc(Cl)c4ncccc34)C[C@H]2C(F)(F)F)CC1. The van der Waals surface area contributed by atoms with Gasteiger partial charge in [-0.3, -0.25) is 9.78 Å². The van der Waals surface area contributed by atoms with Crippen molar-refractivity contribution in [2.24, 2.45) is 11.8 Å². The van der Waals surface area contributed by atoms with E-state index < -0.39 is 23.9 Å². The molecule has 1 N–H and O–H groups in total. The Labute approximate surface area is 178 Å². The largest absolute Gasteiger partial charge is 0.394 e. The van der Waals surface area contributed by atoms with Crippen molar-refractivity contribution in [1.82, 2.24) is 15.2 Å². The Kier molecular flexibility index (Phi) is 5.81. The number of halogens is 4. The maximum absolute atomic E-state index is 13.8. The summed E-state index contributed by atoms with van der Waals surface area (Å²) in [6.07, 6.45) is -1.35. The first kappa shape index (κ1) is 21.2. The van der Waals surface area contributed by atoms with Gasteiger partial charge in [0.25, 0.3) is 0 Å². The first-order chi connectivity index (χ1) is 14.2. The number of alkyl halides is 3. The van der Waals surface area contributed by atoms with Gasteiger partial charge in [0.15, 0.2) is 0 Å². The molecule has 30 heavy (non-hydrogen) atoms. The summed E-state index contributed by atoms with van der Waals surface area (Å²) in [5, 5.41) is 4.00. The van der Waals surface area contributed by atoms with Crippen LogP contribution in [0.2, 0.25) is 5.02 Å². The van der Waals surface area contributed by atoms with Crippen molar-refractivity contribution >= 4 is 34.1 Å². The number of nitrogens with zero attached hydrogens (tertiary/aromatic N) is 3. The number of hydrogen-bond acceptors (Lipinski definition) is 4. The lowest BCUT2D eigenvalue weighted by Gasteiger charge is -2.31. The number of rotatable bonds is 3. The van der Waals surface area contributed by atoms with E-state index in [4.69, 9.17) is 11.6 Å². The molecule has 0 radical (unpaired) electrons. The quantitative estimate of drug-likeness (QED) is 0.790. The number of carbonyl (C=O) groups excluding carboxylic acids is 1. The molecule has 3 heterocycles. The van der Waals surface area contributed by atoms with Crippen LogP contribution in [0.1, 0.15) is 12.8 Å². The monoisotopic (exact) mass is 440 g/mol. The molecule has 2 fully saturated rings. The number of pyridine rings is 1. The molecule has 9 heteroatoms. The molecule has 0 unspecified atom stereocenters. The molecule has 2 atom stereocenters. The molecular weight excluding hydrogens is 417 g/mol. The Morgan fingerprint density at radius 1 is 1.20 bits per heavy atom. The molecule has 2 saturated heterocycles. The van der Waals surface area contributed by atoms with E-state index in [-0.39, 0.29) is 19.1 Å². The highest BCUT2D eigenvalue weighted by Gasteiger charge is 2.52. The van der Waals surface area contributed by atoms with Crippen LogP contribution in [0.4, 0.5) is 18.9 Å². The average molecular weight is 441 g/mol. The summed E-state index contributed by atoms with van der Waals surface area (Å²) < 4.78 is 41.5. The standard InChI is InChI=1S/C21H24ClF3N4O/c1-28-9-6-13(7-10-28)27-20(30)15-11-29(12-16(15)21(23,24)25)18-5-4-17(22)19-14(18)3-2-8-26-19/h2-5,8,13,15-16H,6-7,9-12H2,1H3,(H,27,30)/t15-,16-/m1/s1. The minimum absolute atomic E-state index is 0.00819. The second-order valence-electron chi connectivity index (χ2n) is 8.21. The molecule has 5 nitrogen and oxygen atoms in total. The van der Waals surface area contributed by atoms with Crippen molar-refractivity contribution in [2.45, 2.75) is 25.1 Å². The predicted molar refractivity (Wildman–Crippen MR) is 111 cm³/mol. The van der Waals surface area contributed by atoms with Crippen LogP contribution in [0.3, 0.4) is 0 Å². The molecule has 1 aromatic heterocycles. The fraction of sp³-hybridized carbons (Fsp3) is 0.524. The molecule has 2 aliphatic rings. The Balaban J connectivity index is 1.58. The van der Waals surface area contributed by atoms with Crippen LogP contribution >= 0.6 is 11.6 Å². The minimum Gasteiger partial charge on any atom is -0.370 e. The van der Waals surface area contributed by atoms with E-state index in [0.29, 0.717) is 21.6 Å². The van der Waals surface area contributed by atoms with E-state index in [1.807, 2.05) is 7.05 Å². The van der Waals surface area contributed by atoms with Crippen molar-refractivity contribution in [3.05, 3.63) is 35.5 Å². The number of amides is 1. The predicted octanol–water partition coefficient (Wildman–Crippen LogP) is 3.71. The van der Waals surface area contributed by atoms with Gasteiger partial charge in [0.2, 0.25) is 5.91 Å². The number of piperidine rings is 1. The highest BCUT2D eigenvalue weighted by atomic mass is 35.5. The van der Waals surface area contributed by atoms with E-state index in [2.05, 4.69) is 15.2 Å². The van der Waals surface area contributed by atoms with Crippen LogP contribution in [-0.4, -0.2) is 61.2 Å². The van der Waals surface area contributed by atoms with Gasteiger partial charge in [-0.05, 0) is 57.2 Å². The van der Waals surface area contributed by atoms with Gasteiger partial charge in [-0.2, -0.15) is 13.2 Å². The van der Waals surface area contributed by atoms with Gasteiger partial charge >= 0.3 is 6.18 Å². The third-order valence-electron chi connectivity index (χ3n) is 6.18. The number of hydrogen-bond donors (Lipinski definition) is 1. The van der Waals surface area contributed by atoms with Crippen molar-refractivity contribution in [1.29, 1.82) is 0 Å². The van der Waals surface area contributed by atoms with Crippen molar-refractivity contribution in [3.63, 3.8) is 0 Å². The fourth-order valence-corrected chi connectivity index (χ4v) is 4.67. The summed E-state index contributed by atoms with van der Waals surface area (Å²) in [4.78, 5) is 20.9. The molecule has 1 aromatic carbocycles. The molecule has 0 bridgehead atoms. The van der Waals surface area contributed by atoms with Crippen LogP contribution in [0.15, 0.2) is 30.5 Å². The first-order valence-corrected chi connectivity index (χ1v) is 10.5. The number of anilines is 1. The zero-order valence-corrected chi connectivity index (χ0v) is 17.4. The van der Waals surface area contributed by atoms with Gasteiger partial charge in [0.1, 0.15) is 0 Å². The summed E-state index contributed by atoms with van der Waals surface area (Å²) in [5.74, 6) is -3.37. The lowest BCUT2D eigenvalue weighted by molar-refractivity contribution is -0.182. The highest BCUT2D eigenvalue weighted by molar-refractivity contribution is 6.35. The van der Waals surface area contributed by atoms with Gasteiger partial charge in [-0.25, -0.2) is 0 Å². The smallest absolute Gasteiger partial charge is 0.370 e. The second-order valence-corrected chi connectivity index (χ2v) is 8.62. The maximum atomic E-state index is 13.8. The van der Waals surface area contributed by atoms with E-state index in [0.717, 1.165) is 25.9 Å². The summed E-state index contributed by atoms with van der Waals surface area (Å²) in [5.41, 5.74) is 1.16. The zero-order chi connectivity index (χ0) is 21.5. The topological polar surface area (TPSA) is 48.5 Å².